The van der Waals surface area contributed by atoms with Gasteiger partial charge in [-0.25, -0.2) is 4.98 Å². The van der Waals surface area contributed by atoms with E-state index in [1.165, 1.54) is 16.9 Å². The van der Waals surface area contributed by atoms with Crippen LogP contribution in [0.4, 0.5) is 0 Å². The van der Waals surface area contributed by atoms with Gasteiger partial charge in [0.2, 0.25) is 5.91 Å². The number of hydrogen-bond donors (Lipinski definition) is 1. The van der Waals surface area contributed by atoms with E-state index >= 15 is 0 Å². The molecule has 2 aliphatic rings. The van der Waals surface area contributed by atoms with Crippen LogP contribution in [0.3, 0.4) is 0 Å². The Bertz CT molecular complexity index is 931. The van der Waals surface area contributed by atoms with E-state index in [0.29, 0.717) is 18.9 Å². The van der Waals surface area contributed by atoms with E-state index in [1.807, 2.05) is 0 Å². The molecule has 1 N–H and O–H groups in total. The molecule has 1 fully saturated rings. The van der Waals surface area contributed by atoms with E-state index in [0.717, 1.165) is 59.8 Å². The Hall–Kier alpha value is -1.60. The predicted molar refractivity (Wildman–Crippen MR) is 112 cm³/mol. The standard InChI is InChI=1S/C20H25N3O2S2/c1-2-11-23-19(25)17-14-5-3-4-6-15(14)27-18(17)22-20(23)26-12-13-7-8-16(24)21-10-9-13/h2,13H,1,3-12H2,(H,21,24). The van der Waals surface area contributed by atoms with Crippen molar-refractivity contribution in [1.82, 2.24) is 14.9 Å². The van der Waals surface area contributed by atoms with Crippen LogP contribution in [0, 0.1) is 5.92 Å². The van der Waals surface area contributed by atoms with Crippen molar-refractivity contribution in [2.24, 2.45) is 5.92 Å². The zero-order valence-electron chi connectivity index (χ0n) is 15.5. The minimum Gasteiger partial charge on any atom is -0.356 e. The molecule has 1 aliphatic carbocycles. The van der Waals surface area contributed by atoms with Crippen LogP contribution in [0.25, 0.3) is 10.2 Å². The minimum absolute atomic E-state index is 0.0829. The number of thioether (sulfide) groups is 1. The molecular formula is C20H25N3O2S2. The molecule has 3 heterocycles. The van der Waals surface area contributed by atoms with Crippen molar-refractivity contribution < 1.29 is 4.79 Å². The van der Waals surface area contributed by atoms with Gasteiger partial charge in [-0.2, -0.15) is 0 Å². The van der Waals surface area contributed by atoms with Crippen molar-refractivity contribution in [3.8, 4) is 0 Å². The van der Waals surface area contributed by atoms with Gasteiger partial charge < -0.3 is 5.32 Å². The summed E-state index contributed by atoms with van der Waals surface area (Å²) in [6.45, 7) is 5.05. The Morgan fingerprint density at radius 2 is 2.11 bits per heavy atom. The van der Waals surface area contributed by atoms with Crippen molar-refractivity contribution in [2.45, 2.75) is 56.6 Å². The molecule has 1 saturated heterocycles. The van der Waals surface area contributed by atoms with E-state index in [9.17, 15) is 9.59 Å². The summed E-state index contributed by atoms with van der Waals surface area (Å²) in [6, 6.07) is 0. The molecule has 2 aromatic rings. The molecule has 1 aliphatic heterocycles. The summed E-state index contributed by atoms with van der Waals surface area (Å²) >= 11 is 3.35. The second-order valence-electron chi connectivity index (χ2n) is 7.34. The maximum Gasteiger partial charge on any atom is 0.263 e. The number of hydrogen-bond acceptors (Lipinski definition) is 5. The van der Waals surface area contributed by atoms with Crippen LogP contribution < -0.4 is 10.9 Å². The first-order valence-corrected chi connectivity index (χ1v) is 11.5. The van der Waals surface area contributed by atoms with Crippen molar-refractivity contribution >= 4 is 39.2 Å². The molecule has 144 valence electrons. The zero-order chi connectivity index (χ0) is 18.8. The van der Waals surface area contributed by atoms with Crippen LogP contribution in [-0.2, 0) is 24.2 Å². The molecule has 5 nitrogen and oxygen atoms in total. The van der Waals surface area contributed by atoms with Crippen LogP contribution in [0.15, 0.2) is 22.6 Å². The Labute approximate surface area is 167 Å². The molecule has 2 aromatic heterocycles. The minimum atomic E-state index is 0.0829. The van der Waals surface area contributed by atoms with Gasteiger partial charge in [-0.1, -0.05) is 17.8 Å². The van der Waals surface area contributed by atoms with E-state index in [1.54, 1.807) is 33.7 Å². The van der Waals surface area contributed by atoms with Crippen LogP contribution in [-0.4, -0.2) is 27.8 Å². The molecule has 0 spiro atoms. The number of aryl methyl sites for hydroxylation is 2. The molecule has 0 aromatic carbocycles. The summed E-state index contributed by atoms with van der Waals surface area (Å²) < 4.78 is 1.78. The van der Waals surface area contributed by atoms with Crippen LogP contribution in [0.2, 0.25) is 0 Å². The maximum atomic E-state index is 13.2. The fourth-order valence-corrected chi connectivity index (χ4v) is 6.46. The summed E-state index contributed by atoms with van der Waals surface area (Å²) in [4.78, 5) is 31.9. The van der Waals surface area contributed by atoms with Gasteiger partial charge in [0, 0.05) is 30.1 Å². The van der Waals surface area contributed by atoms with E-state index in [2.05, 4.69) is 11.9 Å². The number of nitrogens with zero attached hydrogens (tertiary/aromatic N) is 2. The highest BCUT2D eigenvalue weighted by atomic mass is 32.2. The lowest BCUT2D eigenvalue weighted by atomic mass is 9.97. The lowest BCUT2D eigenvalue weighted by molar-refractivity contribution is -0.120. The van der Waals surface area contributed by atoms with Gasteiger partial charge in [-0.15, -0.1) is 17.9 Å². The molecule has 0 saturated carbocycles. The monoisotopic (exact) mass is 403 g/mol. The number of nitrogens with one attached hydrogen (secondary N) is 1. The predicted octanol–water partition coefficient (Wildman–Crippen LogP) is 3.53. The molecule has 7 heteroatoms. The average Bonchev–Trinajstić information content (AvgIpc) is 2.91. The third kappa shape index (κ3) is 3.85. The molecule has 1 unspecified atom stereocenters. The summed E-state index contributed by atoms with van der Waals surface area (Å²) in [6.07, 6.45) is 8.68. The highest BCUT2D eigenvalue weighted by molar-refractivity contribution is 7.99. The zero-order valence-corrected chi connectivity index (χ0v) is 17.1. The molecule has 1 atom stereocenters. The largest absolute Gasteiger partial charge is 0.356 e. The Morgan fingerprint density at radius 1 is 1.26 bits per heavy atom. The Balaban J connectivity index is 1.65. The SMILES string of the molecule is C=CCn1c(SCC2CCNC(=O)CC2)nc2sc3c(c2c1=O)CCCC3. The van der Waals surface area contributed by atoms with Crippen molar-refractivity contribution in [3.05, 3.63) is 33.4 Å². The quantitative estimate of drug-likeness (QED) is 0.471. The highest BCUT2D eigenvalue weighted by Gasteiger charge is 2.23. The Kier molecular flexibility index (Phi) is 5.68. The number of rotatable bonds is 5. The van der Waals surface area contributed by atoms with Gasteiger partial charge in [0.05, 0.1) is 5.39 Å². The van der Waals surface area contributed by atoms with Crippen LogP contribution >= 0.6 is 23.1 Å². The van der Waals surface area contributed by atoms with Crippen molar-refractivity contribution in [2.75, 3.05) is 12.3 Å². The van der Waals surface area contributed by atoms with Gasteiger partial charge in [-0.3, -0.25) is 14.2 Å². The number of amides is 1. The fraction of sp³-hybridized carbons (Fsp3) is 0.550. The number of fused-ring (bicyclic) bond motifs is 3. The Morgan fingerprint density at radius 3 is 2.96 bits per heavy atom. The maximum absolute atomic E-state index is 13.2. The number of carbonyl (C=O) groups excluding carboxylic acids is 1. The topological polar surface area (TPSA) is 64.0 Å². The van der Waals surface area contributed by atoms with E-state index in [4.69, 9.17) is 4.98 Å². The normalized spacial score (nSPS) is 20.1. The molecular weight excluding hydrogens is 378 g/mol. The van der Waals surface area contributed by atoms with Gasteiger partial charge in [0.1, 0.15) is 4.83 Å². The molecule has 27 heavy (non-hydrogen) atoms. The van der Waals surface area contributed by atoms with Gasteiger partial charge in [-0.05, 0) is 50.0 Å². The lowest BCUT2D eigenvalue weighted by Crippen LogP contribution is -2.23. The first kappa shape index (κ1) is 18.7. The summed E-state index contributed by atoms with van der Waals surface area (Å²) in [5.41, 5.74) is 1.32. The lowest BCUT2D eigenvalue weighted by Gasteiger charge is -2.15. The average molecular weight is 404 g/mol. The second kappa shape index (κ2) is 8.19. The third-order valence-corrected chi connectivity index (χ3v) is 7.85. The second-order valence-corrected chi connectivity index (χ2v) is 9.41. The summed E-state index contributed by atoms with van der Waals surface area (Å²) in [5, 5.41) is 4.56. The first-order valence-electron chi connectivity index (χ1n) is 9.73. The summed E-state index contributed by atoms with van der Waals surface area (Å²) in [5.74, 6) is 1.50. The smallest absolute Gasteiger partial charge is 0.263 e. The summed E-state index contributed by atoms with van der Waals surface area (Å²) in [7, 11) is 0. The number of aromatic nitrogens is 2. The number of carbonyl (C=O) groups is 1. The fourth-order valence-electron chi connectivity index (χ4n) is 3.96. The molecule has 4 rings (SSSR count). The van der Waals surface area contributed by atoms with E-state index in [-0.39, 0.29) is 11.5 Å². The number of thiophene rings is 1. The highest BCUT2D eigenvalue weighted by Crippen LogP contribution is 2.35. The van der Waals surface area contributed by atoms with Gasteiger partial charge in [0.25, 0.3) is 5.56 Å². The van der Waals surface area contributed by atoms with Crippen LogP contribution in [0.1, 0.15) is 42.5 Å². The van der Waals surface area contributed by atoms with E-state index < -0.39 is 0 Å². The molecule has 1 amide bonds. The third-order valence-electron chi connectivity index (χ3n) is 5.45. The van der Waals surface area contributed by atoms with Crippen molar-refractivity contribution in [1.29, 1.82) is 0 Å². The molecule has 0 bridgehead atoms. The molecule has 0 radical (unpaired) electrons. The van der Waals surface area contributed by atoms with Crippen LogP contribution in [0.5, 0.6) is 0 Å². The van der Waals surface area contributed by atoms with Gasteiger partial charge >= 0.3 is 0 Å². The first-order chi connectivity index (χ1) is 13.2. The van der Waals surface area contributed by atoms with Crippen molar-refractivity contribution in [3.63, 3.8) is 0 Å². The van der Waals surface area contributed by atoms with Gasteiger partial charge in [0.15, 0.2) is 5.16 Å². The number of allylic oxidation sites excluding steroid dienone is 1.